The lowest BCUT2D eigenvalue weighted by Crippen LogP contribution is -2.07. The highest BCUT2D eigenvalue weighted by Gasteiger charge is 2.11. The minimum atomic E-state index is -0.0928. The van der Waals surface area contributed by atoms with Crippen molar-refractivity contribution in [3.63, 3.8) is 0 Å². The van der Waals surface area contributed by atoms with Crippen LogP contribution >= 0.6 is 23.2 Å². The van der Waals surface area contributed by atoms with E-state index in [0.717, 1.165) is 5.56 Å². The number of Topliss-reactive ketones (excluding diaryl/α,β-unsaturated/α-hetero) is 1. The Morgan fingerprint density at radius 3 is 2.72 bits per heavy atom. The van der Waals surface area contributed by atoms with E-state index in [1.165, 1.54) is 0 Å². The number of aryl methyl sites for hydroxylation is 1. The van der Waals surface area contributed by atoms with Crippen LogP contribution in [-0.2, 0) is 6.42 Å². The minimum absolute atomic E-state index is 0.0928. The van der Waals surface area contributed by atoms with Gasteiger partial charge < -0.3 is 0 Å². The maximum absolute atomic E-state index is 12.0. The van der Waals surface area contributed by atoms with E-state index in [2.05, 4.69) is 9.97 Å². The highest BCUT2D eigenvalue weighted by atomic mass is 35.5. The zero-order valence-electron chi connectivity index (χ0n) is 9.65. The van der Waals surface area contributed by atoms with Crippen LogP contribution in [0.2, 0.25) is 10.0 Å². The number of ketones is 1. The molecule has 0 amide bonds. The van der Waals surface area contributed by atoms with Crippen LogP contribution in [0.3, 0.4) is 0 Å². The van der Waals surface area contributed by atoms with Gasteiger partial charge in [0, 0.05) is 22.7 Å². The first-order valence-electron chi connectivity index (χ1n) is 5.33. The third-order valence-corrected chi connectivity index (χ3v) is 3.01. The van der Waals surface area contributed by atoms with Crippen molar-refractivity contribution in [1.29, 1.82) is 0 Å². The Morgan fingerprint density at radius 2 is 2.06 bits per heavy atom. The lowest BCUT2D eigenvalue weighted by molar-refractivity contribution is 0.0988. The Balaban J connectivity index is 2.21. The molecule has 3 nitrogen and oxygen atoms in total. The number of carbonyl (C=O) groups excluding carboxylic acids is 1. The first-order valence-corrected chi connectivity index (χ1v) is 6.08. The Kier molecular flexibility index (Phi) is 3.94. The number of aromatic nitrogens is 2. The van der Waals surface area contributed by atoms with E-state index in [4.69, 9.17) is 23.2 Å². The summed E-state index contributed by atoms with van der Waals surface area (Å²) in [4.78, 5) is 20.1. The molecule has 0 saturated heterocycles. The summed E-state index contributed by atoms with van der Waals surface area (Å²) < 4.78 is 0. The first kappa shape index (κ1) is 13.0. The monoisotopic (exact) mass is 280 g/mol. The van der Waals surface area contributed by atoms with Gasteiger partial charge >= 0.3 is 0 Å². The topological polar surface area (TPSA) is 42.9 Å². The molecule has 92 valence electrons. The molecule has 18 heavy (non-hydrogen) atoms. The van der Waals surface area contributed by atoms with Crippen LogP contribution in [0, 0.1) is 6.92 Å². The lowest BCUT2D eigenvalue weighted by atomic mass is 10.1. The third-order valence-electron chi connectivity index (χ3n) is 2.43. The van der Waals surface area contributed by atoms with Gasteiger partial charge in [0.05, 0.1) is 0 Å². The van der Waals surface area contributed by atoms with Crippen molar-refractivity contribution in [3.05, 3.63) is 57.6 Å². The maximum atomic E-state index is 12.0. The molecule has 1 aromatic heterocycles. The van der Waals surface area contributed by atoms with E-state index < -0.39 is 0 Å². The van der Waals surface area contributed by atoms with Gasteiger partial charge in [-0.3, -0.25) is 4.79 Å². The van der Waals surface area contributed by atoms with Crippen LogP contribution in [0.1, 0.15) is 21.9 Å². The minimum Gasteiger partial charge on any atom is -0.292 e. The number of carbonyl (C=O) groups is 1. The fraction of sp³-hybridized carbons (Fsp3) is 0.154. The Labute approximate surface area is 115 Å². The second kappa shape index (κ2) is 5.46. The number of benzene rings is 1. The second-order valence-electron chi connectivity index (χ2n) is 3.82. The number of hydrogen-bond donors (Lipinski definition) is 0. The molecule has 1 aromatic carbocycles. The van der Waals surface area contributed by atoms with E-state index in [0.29, 0.717) is 21.6 Å². The van der Waals surface area contributed by atoms with Gasteiger partial charge in [-0.15, -0.1) is 0 Å². The van der Waals surface area contributed by atoms with Crippen molar-refractivity contribution < 1.29 is 4.79 Å². The number of rotatable bonds is 3. The number of nitrogens with zero attached hydrogens (tertiary/aromatic N) is 2. The Morgan fingerprint density at radius 1 is 1.28 bits per heavy atom. The predicted molar refractivity (Wildman–Crippen MR) is 71.3 cm³/mol. The molecule has 5 heteroatoms. The van der Waals surface area contributed by atoms with Gasteiger partial charge in [0.1, 0.15) is 11.5 Å². The molecule has 0 N–H and O–H groups in total. The molecular weight excluding hydrogens is 271 g/mol. The molecule has 1 heterocycles. The fourth-order valence-electron chi connectivity index (χ4n) is 1.54. The normalized spacial score (nSPS) is 10.4. The third kappa shape index (κ3) is 3.06. The van der Waals surface area contributed by atoms with E-state index >= 15 is 0 Å². The molecule has 0 bridgehead atoms. The van der Waals surface area contributed by atoms with Crippen LogP contribution in [0.25, 0.3) is 0 Å². The molecule has 2 aromatic rings. The fourth-order valence-corrected chi connectivity index (χ4v) is 2.02. The largest absolute Gasteiger partial charge is 0.292 e. The summed E-state index contributed by atoms with van der Waals surface area (Å²) in [5.74, 6) is 0.479. The zero-order valence-corrected chi connectivity index (χ0v) is 11.2. The number of hydrogen-bond acceptors (Lipinski definition) is 3. The van der Waals surface area contributed by atoms with E-state index in [9.17, 15) is 4.79 Å². The number of halogens is 2. The summed E-state index contributed by atoms with van der Waals surface area (Å²) in [7, 11) is 0. The van der Waals surface area contributed by atoms with Crippen molar-refractivity contribution in [3.8, 4) is 0 Å². The summed E-state index contributed by atoms with van der Waals surface area (Å²) in [6, 6.07) is 6.67. The van der Waals surface area contributed by atoms with Gasteiger partial charge in [-0.1, -0.05) is 29.3 Å². The van der Waals surface area contributed by atoms with Gasteiger partial charge in [0.25, 0.3) is 0 Å². The van der Waals surface area contributed by atoms with Crippen LogP contribution in [0.15, 0.2) is 30.5 Å². The highest BCUT2D eigenvalue weighted by Crippen LogP contribution is 2.22. The SMILES string of the molecule is Cc1nccc(C(=O)Cc2ccc(Cl)cc2Cl)n1. The standard InChI is InChI=1S/C13H10Cl2N2O/c1-8-16-5-4-12(17-8)13(18)6-9-2-3-10(14)7-11(9)15/h2-5,7H,6H2,1H3. The average Bonchev–Trinajstić information content (AvgIpc) is 2.32. The van der Waals surface area contributed by atoms with Crippen molar-refractivity contribution in [2.24, 2.45) is 0 Å². The Hall–Kier alpha value is -1.45. The zero-order chi connectivity index (χ0) is 13.1. The molecule has 0 aliphatic heterocycles. The molecule has 0 radical (unpaired) electrons. The van der Waals surface area contributed by atoms with Crippen molar-refractivity contribution >= 4 is 29.0 Å². The lowest BCUT2D eigenvalue weighted by Gasteiger charge is -2.04. The highest BCUT2D eigenvalue weighted by molar-refractivity contribution is 6.35. The quantitative estimate of drug-likeness (QED) is 0.808. The summed E-state index contributed by atoms with van der Waals surface area (Å²) in [5.41, 5.74) is 1.14. The molecule has 0 aliphatic rings. The van der Waals surface area contributed by atoms with Crippen LogP contribution in [-0.4, -0.2) is 15.8 Å². The summed E-state index contributed by atoms with van der Waals surface area (Å²) in [6.45, 7) is 1.74. The average molecular weight is 281 g/mol. The molecule has 0 aliphatic carbocycles. The maximum Gasteiger partial charge on any atom is 0.185 e. The van der Waals surface area contributed by atoms with E-state index in [1.54, 1.807) is 37.4 Å². The van der Waals surface area contributed by atoms with Crippen molar-refractivity contribution in [2.45, 2.75) is 13.3 Å². The molecule has 0 fully saturated rings. The van der Waals surface area contributed by atoms with Crippen LogP contribution in [0.5, 0.6) is 0 Å². The van der Waals surface area contributed by atoms with Gasteiger partial charge in [0.2, 0.25) is 0 Å². The van der Waals surface area contributed by atoms with Gasteiger partial charge in [-0.05, 0) is 30.7 Å². The first-order chi connectivity index (χ1) is 8.56. The van der Waals surface area contributed by atoms with Gasteiger partial charge in [0.15, 0.2) is 5.78 Å². The second-order valence-corrected chi connectivity index (χ2v) is 4.67. The Bertz CT molecular complexity index is 599. The summed E-state index contributed by atoms with van der Waals surface area (Å²) in [5, 5.41) is 1.04. The van der Waals surface area contributed by atoms with Crippen LogP contribution < -0.4 is 0 Å². The van der Waals surface area contributed by atoms with Crippen molar-refractivity contribution in [2.75, 3.05) is 0 Å². The van der Waals surface area contributed by atoms with E-state index in [-0.39, 0.29) is 12.2 Å². The van der Waals surface area contributed by atoms with Crippen molar-refractivity contribution in [1.82, 2.24) is 9.97 Å². The summed E-state index contributed by atoms with van der Waals surface area (Å²) >= 11 is 11.8. The molecule has 0 unspecified atom stereocenters. The van der Waals surface area contributed by atoms with Gasteiger partial charge in [-0.25, -0.2) is 9.97 Å². The molecular formula is C13H10Cl2N2O. The predicted octanol–water partition coefficient (Wildman–Crippen LogP) is 3.52. The molecule has 0 saturated carbocycles. The van der Waals surface area contributed by atoms with Gasteiger partial charge in [-0.2, -0.15) is 0 Å². The molecule has 2 rings (SSSR count). The van der Waals surface area contributed by atoms with E-state index in [1.807, 2.05) is 0 Å². The molecule has 0 spiro atoms. The smallest absolute Gasteiger partial charge is 0.185 e. The molecule has 0 atom stereocenters. The summed E-state index contributed by atoms with van der Waals surface area (Å²) in [6.07, 6.45) is 1.77. The van der Waals surface area contributed by atoms with Crippen LogP contribution in [0.4, 0.5) is 0 Å².